The zero-order chi connectivity index (χ0) is 21.1. The molecule has 0 unspecified atom stereocenters. The third kappa shape index (κ3) is 1.94. The summed E-state index contributed by atoms with van der Waals surface area (Å²) in [7, 11) is 0. The molecule has 7 atom stereocenters. The van der Waals surface area contributed by atoms with Gasteiger partial charge in [-0.05, 0) is 44.6 Å². The predicted molar refractivity (Wildman–Crippen MR) is 103 cm³/mol. The Kier molecular flexibility index (Phi) is 3.61. The van der Waals surface area contributed by atoms with Crippen molar-refractivity contribution in [2.24, 2.45) is 28.1 Å². The van der Waals surface area contributed by atoms with Crippen LogP contribution in [0.5, 0.6) is 0 Å². The fourth-order valence-corrected chi connectivity index (χ4v) is 7.81. The van der Waals surface area contributed by atoms with Gasteiger partial charge in [-0.1, -0.05) is 20.3 Å². The first-order chi connectivity index (χ1) is 13.4. The van der Waals surface area contributed by atoms with Crippen molar-refractivity contribution in [3.63, 3.8) is 0 Å². The zero-order valence-electron chi connectivity index (χ0n) is 17.8. The monoisotopic (exact) mass is 402 g/mol. The Morgan fingerprint density at radius 2 is 1.83 bits per heavy atom. The van der Waals surface area contributed by atoms with Crippen LogP contribution in [-0.2, 0) is 23.9 Å². The molecule has 1 aliphatic heterocycles. The van der Waals surface area contributed by atoms with Gasteiger partial charge in [-0.2, -0.15) is 0 Å². The van der Waals surface area contributed by atoms with E-state index >= 15 is 0 Å². The van der Waals surface area contributed by atoms with Crippen LogP contribution >= 0.6 is 0 Å². The average molecular weight is 402 g/mol. The van der Waals surface area contributed by atoms with Crippen LogP contribution in [0.15, 0.2) is 11.1 Å². The van der Waals surface area contributed by atoms with E-state index in [2.05, 4.69) is 13.8 Å². The number of rotatable bonds is 2. The van der Waals surface area contributed by atoms with E-state index in [4.69, 9.17) is 9.47 Å². The molecule has 1 saturated heterocycles. The number of hydrogen-bond acceptors (Lipinski definition) is 6. The van der Waals surface area contributed by atoms with Gasteiger partial charge in [0.15, 0.2) is 5.78 Å². The molecule has 2 bridgehead atoms. The second-order valence-corrected chi connectivity index (χ2v) is 10.8. The first-order valence-electron chi connectivity index (χ1n) is 10.8. The topological polar surface area (TPSA) is 89.9 Å². The molecule has 158 valence electrons. The Labute approximate surface area is 171 Å². The quantitative estimate of drug-likeness (QED) is 0.563. The van der Waals surface area contributed by atoms with Crippen LogP contribution in [0, 0.1) is 28.1 Å². The van der Waals surface area contributed by atoms with Crippen LogP contribution in [0.1, 0.15) is 60.3 Å². The molecule has 29 heavy (non-hydrogen) atoms. The van der Waals surface area contributed by atoms with Crippen molar-refractivity contribution < 1.29 is 29.0 Å². The summed E-state index contributed by atoms with van der Waals surface area (Å²) in [5.74, 6) is -1.71. The fraction of sp³-hybridized carbons (Fsp3) is 0.783. The number of fused-ring (bicyclic) bond motifs is 2. The van der Waals surface area contributed by atoms with Gasteiger partial charge in [-0.25, -0.2) is 0 Å². The van der Waals surface area contributed by atoms with Crippen LogP contribution in [0.3, 0.4) is 0 Å². The summed E-state index contributed by atoms with van der Waals surface area (Å²) in [5, 5.41) is 11.2. The van der Waals surface area contributed by atoms with Crippen molar-refractivity contribution in [3.8, 4) is 0 Å². The molecule has 0 spiro atoms. The smallest absolute Gasteiger partial charge is 0.317 e. The fourth-order valence-electron chi connectivity index (χ4n) is 7.81. The molecule has 0 amide bonds. The number of hydrogen-bond donors (Lipinski definition) is 1. The molecule has 6 heteroatoms. The zero-order valence-corrected chi connectivity index (χ0v) is 17.8. The summed E-state index contributed by atoms with van der Waals surface area (Å²) in [6.07, 6.45) is 1.18. The lowest BCUT2D eigenvalue weighted by Crippen LogP contribution is -2.56. The highest BCUT2D eigenvalue weighted by molar-refractivity contribution is 6.22. The SMILES string of the molecule is CCO[C@H]1C2=C(C(=O)[C@]3(C)C(=O)C[C@](C)(O)[C@H]23)[C@@]23CCCC(C)(C)[C@@H]2[C@@H]1OC3=O. The maximum Gasteiger partial charge on any atom is 0.317 e. The minimum atomic E-state index is -1.34. The molecule has 6 nitrogen and oxygen atoms in total. The summed E-state index contributed by atoms with van der Waals surface area (Å²) in [6.45, 7) is 9.83. The average Bonchev–Trinajstić information content (AvgIpc) is 3.09. The molecule has 1 N–H and O–H groups in total. The Morgan fingerprint density at radius 3 is 2.48 bits per heavy atom. The second-order valence-electron chi connectivity index (χ2n) is 10.8. The van der Waals surface area contributed by atoms with E-state index in [1.54, 1.807) is 13.8 Å². The van der Waals surface area contributed by atoms with E-state index in [9.17, 15) is 19.5 Å². The Bertz CT molecular complexity index is 882. The predicted octanol–water partition coefficient (Wildman–Crippen LogP) is 2.37. The molecule has 5 rings (SSSR count). The number of aliphatic hydroxyl groups is 1. The van der Waals surface area contributed by atoms with E-state index < -0.39 is 34.6 Å². The second kappa shape index (κ2) is 5.38. The molecular formula is C23H30O6. The standard InChI is InChI=1S/C23H30O6/c1-6-28-14-12-13(18(25)22(5)11(24)10-21(4,27)16(12)22)23-9-7-8-20(2,3)17(23)15(14)29-19(23)26/h14-17,27H,6-10H2,1-5H3/t14-,15+,16-,17-,21-,22+,23-/m0/s1. The lowest BCUT2D eigenvalue weighted by molar-refractivity contribution is -0.152. The van der Waals surface area contributed by atoms with E-state index in [0.717, 1.165) is 12.8 Å². The highest BCUT2D eigenvalue weighted by atomic mass is 16.6. The normalized spacial score (nSPS) is 49.8. The van der Waals surface area contributed by atoms with Crippen molar-refractivity contribution in [2.75, 3.05) is 6.61 Å². The van der Waals surface area contributed by atoms with E-state index in [-0.39, 0.29) is 35.3 Å². The van der Waals surface area contributed by atoms with Crippen molar-refractivity contribution in [2.45, 2.75) is 78.1 Å². The summed E-state index contributed by atoms with van der Waals surface area (Å²) in [5.41, 5.74) is -2.78. The number of Topliss-reactive ketones (excluding diaryl/α,β-unsaturated/α-hetero) is 2. The maximum atomic E-state index is 13.9. The number of ether oxygens (including phenoxy) is 2. The largest absolute Gasteiger partial charge is 0.458 e. The van der Waals surface area contributed by atoms with Gasteiger partial charge in [-0.15, -0.1) is 0 Å². The van der Waals surface area contributed by atoms with Gasteiger partial charge in [-0.3, -0.25) is 14.4 Å². The number of esters is 1. The number of carbonyl (C=O) groups is 3. The van der Waals surface area contributed by atoms with Crippen molar-refractivity contribution in [1.82, 2.24) is 0 Å². The van der Waals surface area contributed by atoms with Crippen LogP contribution in [-0.4, -0.2) is 47.1 Å². The van der Waals surface area contributed by atoms with E-state index in [1.165, 1.54) is 0 Å². The summed E-state index contributed by atoms with van der Waals surface area (Å²) in [6, 6.07) is 0. The Morgan fingerprint density at radius 1 is 1.14 bits per heavy atom. The third-order valence-corrected chi connectivity index (χ3v) is 8.69. The van der Waals surface area contributed by atoms with Crippen LogP contribution in [0.25, 0.3) is 0 Å². The third-order valence-electron chi connectivity index (χ3n) is 8.69. The molecule has 5 aliphatic rings. The van der Waals surface area contributed by atoms with Crippen LogP contribution < -0.4 is 0 Å². The lowest BCUT2D eigenvalue weighted by Gasteiger charge is -2.52. The first-order valence-corrected chi connectivity index (χ1v) is 10.8. The van der Waals surface area contributed by atoms with Gasteiger partial charge in [0, 0.05) is 30.4 Å². The van der Waals surface area contributed by atoms with Gasteiger partial charge in [0.25, 0.3) is 0 Å². The lowest BCUT2D eigenvalue weighted by atomic mass is 9.49. The van der Waals surface area contributed by atoms with E-state index in [1.807, 2.05) is 6.92 Å². The summed E-state index contributed by atoms with van der Waals surface area (Å²) < 4.78 is 12.1. The van der Waals surface area contributed by atoms with Gasteiger partial charge >= 0.3 is 5.97 Å². The molecule has 0 aromatic carbocycles. The van der Waals surface area contributed by atoms with Gasteiger partial charge in [0.2, 0.25) is 0 Å². The minimum absolute atomic E-state index is 0.0586. The van der Waals surface area contributed by atoms with Crippen LogP contribution in [0.2, 0.25) is 0 Å². The molecule has 0 aromatic rings. The van der Waals surface area contributed by atoms with Gasteiger partial charge in [0.1, 0.15) is 23.4 Å². The Balaban J connectivity index is 1.83. The first kappa shape index (κ1) is 19.4. The molecule has 3 fully saturated rings. The van der Waals surface area contributed by atoms with Crippen molar-refractivity contribution >= 4 is 17.5 Å². The van der Waals surface area contributed by atoms with Crippen LogP contribution in [0.4, 0.5) is 0 Å². The molecule has 2 saturated carbocycles. The van der Waals surface area contributed by atoms with Gasteiger partial charge in [0.05, 0.1) is 11.0 Å². The van der Waals surface area contributed by atoms with Crippen molar-refractivity contribution in [1.29, 1.82) is 0 Å². The highest BCUT2D eigenvalue weighted by Gasteiger charge is 2.78. The van der Waals surface area contributed by atoms with Gasteiger partial charge < -0.3 is 14.6 Å². The highest BCUT2D eigenvalue weighted by Crippen LogP contribution is 2.71. The molecule has 0 aromatic heterocycles. The summed E-state index contributed by atoms with van der Waals surface area (Å²) >= 11 is 0. The maximum absolute atomic E-state index is 13.9. The molecular weight excluding hydrogens is 372 g/mol. The van der Waals surface area contributed by atoms with E-state index in [0.29, 0.717) is 24.2 Å². The van der Waals surface area contributed by atoms with Crippen molar-refractivity contribution in [3.05, 3.63) is 11.1 Å². The number of ketones is 2. The molecule has 4 aliphatic carbocycles. The Hall–Kier alpha value is -1.53. The number of carbonyl (C=O) groups excluding carboxylic acids is 3. The summed E-state index contributed by atoms with van der Waals surface area (Å²) in [4.78, 5) is 40.3. The minimum Gasteiger partial charge on any atom is -0.458 e. The molecule has 1 heterocycles. The molecule has 0 radical (unpaired) electrons.